The highest BCUT2D eigenvalue weighted by molar-refractivity contribution is 7.64. The Labute approximate surface area is 163 Å². The van der Waals surface area contributed by atoms with Crippen LogP contribution < -0.4 is 15.9 Å². The van der Waals surface area contributed by atoms with Gasteiger partial charge in [-0.3, -0.25) is 0 Å². The Morgan fingerprint density at radius 1 is 1.07 bits per heavy atom. The topological polar surface area (TPSA) is 87.1 Å². The second kappa shape index (κ2) is 8.33. The van der Waals surface area contributed by atoms with Crippen LogP contribution in [0.4, 0.5) is 23.1 Å². The number of carboxylic acids is 1. The van der Waals surface area contributed by atoms with Crippen LogP contribution in [-0.4, -0.2) is 34.4 Å². The van der Waals surface area contributed by atoms with Crippen LogP contribution in [0.2, 0.25) is 5.02 Å². The normalized spacial score (nSPS) is 10.7. The molecular formula is C19H18ClN4O2P. The monoisotopic (exact) mass is 400 g/mol. The maximum Gasteiger partial charge on any atom is 0.335 e. The molecule has 0 amide bonds. The van der Waals surface area contributed by atoms with E-state index >= 15 is 0 Å². The van der Waals surface area contributed by atoms with Gasteiger partial charge >= 0.3 is 5.97 Å². The van der Waals surface area contributed by atoms with Crippen LogP contribution in [0.5, 0.6) is 0 Å². The van der Waals surface area contributed by atoms with E-state index < -0.39 is 5.97 Å². The van der Waals surface area contributed by atoms with Crippen molar-refractivity contribution < 1.29 is 9.90 Å². The molecule has 0 aliphatic rings. The number of hydrogen-bond acceptors (Lipinski definition) is 5. The predicted octanol–water partition coefficient (Wildman–Crippen LogP) is 4.68. The summed E-state index contributed by atoms with van der Waals surface area (Å²) >= 11 is 6.26. The standard InChI is InChI=1S/C19H18ClN4O2P/c1-27(2)16-6-4-3-5-15(16)23-17-14(20)11-21-19(24-17)22-13-9-7-12(8-10-13)18(25)26/h3-11H,1-2H3,(H,25,26)(H2,21,22,23,24). The van der Waals surface area contributed by atoms with Crippen molar-refractivity contribution in [2.24, 2.45) is 0 Å². The van der Waals surface area contributed by atoms with E-state index in [2.05, 4.69) is 40.0 Å². The number of nitrogens with zero attached hydrogens (tertiary/aromatic N) is 2. The zero-order valence-corrected chi connectivity index (χ0v) is 16.4. The molecule has 27 heavy (non-hydrogen) atoms. The zero-order valence-electron chi connectivity index (χ0n) is 14.8. The van der Waals surface area contributed by atoms with Gasteiger partial charge in [-0.25, -0.2) is 9.78 Å². The van der Waals surface area contributed by atoms with E-state index in [0.717, 1.165) is 5.69 Å². The molecular weight excluding hydrogens is 383 g/mol. The van der Waals surface area contributed by atoms with Crippen molar-refractivity contribution >= 4 is 53.9 Å². The molecule has 0 aliphatic carbocycles. The van der Waals surface area contributed by atoms with Crippen molar-refractivity contribution in [3.63, 3.8) is 0 Å². The number of hydrogen-bond donors (Lipinski definition) is 3. The molecule has 1 heterocycles. The Morgan fingerprint density at radius 2 is 1.78 bits per heavy atom. The van der Waals surface area contributed by atoms with Crippen LogP contribution in [0.25, 0.3) is 0 Å². The minimum atomic E-state index is -0.971. The van der Waals surface area contributed by atoms with E-state index in [1.807, 2.05) is 18.2 Å². The minimum Gasteiger partial charge on any atom is -0.478 e. The van der Waals surface area contributed by atoms with E-state index in [4.69, 9.17) is 16.7 Å². The van der Waals surface area contributed by atoms with Gasteiger partial charge in [0.1, 0.15) is 5.02 Å². The number of anilines is 4. The fourth-order valence-corrected chi connectivity index (χ4v) is 3.57. The van der Waals surface area contributed by atoms with Crippen molar-refractivity contribution in [1.82, 2.24) is 9.97 Å². The summed E-state index contributed by atoms with van der Waals surface area (Å²) in [5.74, 6) is -0.111. The molecule has 3 rings (SSSR count). The van der Waals surface area contributed by atoms with E-state index in [9.17, 15) is 4.79 Å². The van der Waals surface area contributed by atoms with Crippen LogP contribution >= 0.6 is 19.5 Å². The predicted molar refractivity (Wildman–Crippen MR) is 112 cm³/mol. The summed E-state index contributed by atoms with van der Waals surface area (Å²) in [6.07, 6.45) is 1.52. The van der Waals surface area contributed by atoms with Crippen LogP contribution in [0.15, 0.2) is 54.7 Å². The molecule has 0 fully saturated rings. The second-order valence-electron chi connectivity index (χ2n) is 5.93. The second-order valence-corrected chi connectivity index (χ2v) is 8.61. The summed E-state index contributed by atoms with van der Waals surface area (Å²) in [5.41, 5.74) is 1.86. The molecule has 0 bridgehead atoms. The van der Waals surface area contributed by atoms with Gasteiger partial charge in [0.15, 0.2) is 5.82 Å². The van der Waals surface area contributed by atoms with Crippen molar-refractivity contribution in [3.05, 3.63) is 65.3 Å². The molecule has 0 spiro atoms. The first-order chi connectivity index (χ1) is 12.9. The van der Waals surface area contributed by atoms with Gasteiger partial charge in [0.2, 0.25) is 5.95 Å². The van der Waals surface area contributed by atoms with Crippen molar-refractivity contribution in [1.29, 1.82) is 0 Å². The molecule has 8 heteroatoms. The van der Waals surface area contributed by atoms with Crippen molar-refractivity contribution in [2.45, 2.75) is 0 Å². The highest BCUT2D eigenvalue weighted by Crippen LogP contribution is 2.31. The first-order valence-corrected chi connectivity index (χ1v) is 10.7. The maximum absolute atomic E-state index is 10.9. The molecule has 0 saturated carbocycles. The highest BCUT2D eigenvalue weighted by atomic mass is 35.5. The maximum atomic E-state index is 10.9. The van der Waals surface area contributed by atoms with Gasteiger partial charge in [0, 0.05) is 11.4 Å². The molecule has 6 nitrogen and oxygen atoms in total. The van der Waals surface area contributed by atoms with Gasteiger partial charge in [0.25, 0.3) is 0 Å². The van der Waals surface area contributed by atoms with Crippen LogP contribution in [-0.2, 0) is 0 Å². The average molecular weight is 401 g/mol. The summed E-state index contributed by atoms with van der Waals surface area (Å²) in [6.45, 7) is 4.37. The van der Waals surface area contributed by atoms with E-state index in [0.29, 0.717) is 22.5 Å². The lowest BCUT2D eigenvalue weighted by Gasteiger charge is -2.15. The lowest BCUT2D eigenvalue weighted by Crippen LogP contribution is -2.09. The molecule has 2 aromatic carbocycles. The number of aromatic carboxylic acids is 1. The van der Waals surface area contributed by atoms with Crippen LogP contribution in [0.3, 0.4) is 0 Å². The highest BCUT2D eigenvalue weighted by Gasteiger charge is 2.11. The first kappa shape index (κ1) is 19.1. The third-order valence-electron chi connectivity index (χ3n) is 3.77. The Kier molecular flexibility index (Phi) is 5.89. The van der Waals surface area contributed by atoms with Gasteiger partial charge < -0.3 is 15.7 Å². The largest absolute Gasteiger partial charge is 0.478 e. The molecule has 0 aliphatic heterocycles. The number of benzene rings is 2. The van der Waals surface area contributed by atoms with Gasteiger partial charge in [-0.1, -0.05) is 37.7 Å². The quantitative estimate of drug-likeness (QED) is 0.521. The van der Waals surface area contributed by atoms with Gasteiger partial charge in [0.05, 0.1) is 11.8 Å². The number of aromatic nitrogens is 2. The molecule has 138 valence electrons. The number of halogens is 1. The molecule has 0 atom stereocenters. The number of para-hydroxylation sites is 1. The molecule has 3 N–H and O–H groups in total. The average Bonchev–Trinajstić information content (AvgIpc) is 2.65. The minimum absolute atomic E-state index is 0.215. The van der Waals surface area contributed by atoms with Crippen molar-refractivity contribution in [3.8, 4) is 0 Å². The molecule has 0 saturated heterocycles. The Balaban J connectivity index is 1.83. The lowest BCUT2D eigenvalue weighted by molar-refractivity contribution is 0.0697. The number of carboxylic acid groups (broad SMARTS) is 1. The smallest absolute Gasteiger partial charge is 0.335 e. The molecule has 0 radical (unpaired) electrons. The summed E-state index contributed by atoms with van der Waals surface area (Å²) < 4.78 is 0. The van der Waals surface area contributed by atoms with Crippen molar-refractivity contribution in [2.75, 3.05) is 24.0 Å². The summed E-state index contributed by atoms with van der Waals surface area (Å²) in [7, 11) is -0.291. The molecule has 3 aromatic rings. The number of rotatable bonds is 6. The SMILES string of the molecule is CP(C)c1ccccc1Nc1nc(Nc2ccc(C(=O)O)cc2)ncc1Cl. The van der Waals surface area contributed by atoms with Gasteiger partial charge in [-0.2, -0.15) is 4.98 Å². The third-order valence-corrected chi connectivity index (χ3v) is 5.40. The molecule has 0 unspecified atom stereocenters. The summed E-state index contributed by atoms with van der Waals surface area (Å²) in [6, 6.07) is 14.4. The van der Waals surface area contributed by atoms with Crippen LogP contribution in [0.1, 0.15) is 10.4 Å². The van der Waals surface area contributed by atoms with E-state index in [1.165, 1.54) is 23.6 Å². The number of nitrogens with one attached hydrogen (secondary N) is 2. The number of carbonyl (C=O) groups is 1. The van der Waals surface area contributed by atoms with Crippen LogP contribution in [0, 0.1) is 0 Å². The summed E-state index contributed by atoms with van der Waals surface area (Å²) in [5, 5.41) is 16.9. The Hall–Kier alpha value is -2.69. The fraction of sp³-hybridized carbons (Fsp3) is 0.105. The van der Waals surface area contributed by atoms with E-state index in [1.54, 1.807) is 12.1 Å². The zero-order chi connectivity index (χ0) is 19.4. The first-order valence-electron chi connectivity index (χ1n) is 8.10. The molecule has 1 aromatic heterocycles. The van der Waals surface area contributed by atoms with E-state index in [-0.39, 0.29) is 13.5 Å². The fourth-order valence-electron chi connectivity index (χ4n) is 2.44. The summed E-state index contributed by atoms with van der Waals surface area (Å²) in [4.78, 5) is 19.6. The van der Waals surface area contributed by atoms with Gasteiger partial charge in [-0.05, 0) is 49.0 Å². The Bertz CT molecular complexity index is 964. The van der Waals surface area contributed by atoms with Gasteiger partial charge in [-0.15, -0.1) is 0 Å². The Morgan fingerprint density at radius 3 is 2.44 bits per heavy atom. The lowest BCUT2D eigenvalue weighted by atomic mass is 10.2. The third kappa shape index (κ3) is 4.73.